The van der Waals surface area contributed by atoms with Crippen molar-refractivity contribution in [2.45, 2.75) is 39.0 Å². The molecule has 0 saturated heterocycles. The van der Waals surface area contributed by atoms with E-state index in [4.69, 9.17) is 11.6 Å². The van der Waals surface area contributed by atoms with Crippen LogP contribution < -0.4 is 5.32 Å². The van der Waals surface area contributed by atoms with Gasteiger partial charge in [0.2, 0.25) is 0 Å². The van der Waals surface area contributed by atoms with E-state index < -0.39 is 0 Å². The Bertz CT molecular complexity index is 415. The third-order valence-electron chi connectivity index (χ3n) is 3.15. The SMILES string of the molecule is Cc1c(Cl)ncnc1NCCC1=CCCCC1. The zero-order chi connectivity index (χ0) is 12.1. The standard InChI is InChI=1S/C13H18ClN3/c1-10-12(14)16-9-17-13(10)15-8-7-11-5-3-2-4-6-11/h5,9H,2-4,6-8H2,1H3,(H,15,16,17). The fourth-order valence-corrected chi connectivity index (χ4v) is 2.21. The highest BCUT2D eigenvalue weighted by atomic mass is 35.5. The van der Waals surface area contributed by atoms with E-state index in [1.807, 2.05) is 6.92 Å². The smallest absolute Gasteiger partial charge is 0.137 e. The molecule has 1 N–H and O–H groups in total. The molecule has 2 rings (SSSR count). The average Bonchev–Trinajstić information content (AvgIpc) is 2.36. The minimum absolute atomic E-state index is 0.527. The number of anilines is 1. The summed E-state index contributed by atoms with van der Waals surface area (Å²) >= 11 is 5.94. The van der Waals surface area contributed by atoms with E-state index in [0.29, 0.717) is 5.15 Å². The number of aromatic nitrogens is 2. The monoisotopic (exact) mass is 251 g/mol. The van der Waals surface area contributed by atoms with Gasteiger partial charge < -0.3 is 5.32 Å². The predicted octanol–water partition coefficient (Wildman–Crippen LogP) is 3.74. The molecule has 0 unspecified atom stereocenters. The number of hydrogen-bond donors (Lipinski definition) is 1. The molecule has 1 aromatic rings. The van der Waals surface area contributed by atoms with Crippen LogP contribution in [-0.2, 0) is 0 Å². The van der Waals surface area contributed by atoms with Crippen molar-refractivity contribution in [2.75, 3.05) is 11.9 Å². The van der Waals surface area contributed by atoms with Crippen LogP contribution in [0.5, 0.6) is 0 Å². The number of hydrogen-bond acceptors (Lipinski definition) is 3. The van der Waals surface area contributed by atoms with Crippen molar-refractivity contribution in [3.8, 4) is 0 Å². The van der Waals surface area contributed by atoms with Crippen LogP contribution in [0.1, 0.15) is 37.7 Å². The van der Waals surface area contributed by atoms with Gasteiger partial charge in [0, 0.05) is 12.1 Å². The van der Waals surface area contributed by atoms with Crippen molar-refractivity contribution in [1.82, 2.24) is 9.97 Å². The number of rotatable bonds is 4. The Kier molecular flexibility index (Phi) is 4.37. The molecule has 0 spiro atoms. The van der Waals surface area contributed by atoms with Gasteiger partial charge in [-0.1, -0.05) is 23.3 Å². The topological polar surface area (TPSA) is 37.8 Å². The average molecular weight is 252 g/mol. The second kappa shape index (κ2) is 6.01. The highest BCUT2D eigenvalue weighted by molar-refractivity contribution is 6.30. The lowest BCUT2D eigenvalue weighted by atomic mass is 9.97. The van der Waals surface area contributed by atoms with Gasteiger partial charge in [-0.3, -0.25) is 0 Å². The van der Waals surface area contributed by atoms with E-state index in [-0.39, 0.29) is 0 Å². The molecular formula is C13H18ClN3. The van der Waals surface area contributed by atoms with Gasteiger partial charge in [0.25, 0.3) is 0 Å². The fourth-order valence-electron chi connectivity index (χ4n) is 2.08. The van der Waals surface area contributed by atoms with E-state index in [2.05, 4.69) is 21.4 Å². The first-order chi connectivity index (χ1) is 8.27. The van der Waals surface area contributed by atoms with Crippen LogP contribution in [0.2, 0.25) is 5.15 Å². The van der Waals surface area contributed by atoms with Crippen LogP contribution in [0.3, 0.4) is 0 Å². The molecule has 0 aromatic carbocycles. The molecule has 0 atom stereocenters. The third kappa shape index (κ3) is 3.43. The van der Waals surface area contributed by atoms with Gasteiger partial charge in [-0.05, 0) is 39.0 Å². The van der Waals surface area contributed by atoms with Gasteiger partial charge in [-0.2, -0.15) is 0 Å². The lowest BCUT2D eigenvalue weighted by Gasteiger charge is -2.13. The van der Waals surface area contributed by atoms with Crippen LogP contribution >= 0.6 is 11.6 Å². The molecule has 0 bridgehead atoms. The normalized spacial score (nSPS) is 15.5. The van der Waals surface area contributed by atoms with Crippen molar-refractivity contribution in [3.05, 3.63) is 28.7 Å². The molecule has 92 valence electrons. The summed E-state index contributed by atoms with van der Waals surface area (Å²) in [5.41, 5.74) is 2.49. The van der Waals surface area contributed by atoms with Gasteiger partial charge in [0.1, 0.15) is 17.3 Å². The number of allylic oxidation sites excluding steroid dienone is 1. The molecule has 3 nitrogen and oxygen atoms in total. The first kappa shape index (κ1) is 12.4. The Balaban J connectivity index is 1.85. The highest BCUT2D eigenvalue weighted by Crippen LogP contribution is 2.21. The zero-order valence-corrected chi connectivity index (χ0v) is 10.9. The molecule has 1 aliphatic carbocycles. The number of nitrogens with zero attached hydrogens (tertiary/aromatic N) is 2. The van der Waals surface area contributed by atoms with Crippen molar-refractivity contribution < 1.29 is 0 Å². The first-order valence-corrected chi connectivity index (χ1v) is 6.54. The van der Waals surface area contributed by atoms with E-state index in [9.17, 15) is 0 Å². The first-order valence-electron chi connectivity index (χ1n) is 6.16. The molecule has 1 aliphatic rings. The predicted molar refractivity (Wildman–Crippen MR) is 71.4 cm³/mol. The Morgan fingerprint density at radius 1 is 1.35 bits per heavy atom. The zero-order valence-electron chi connectivity index (χ0n) is 10.2. The maximum Gasteiger partial charge on any atom is 0.137 e. The summed E-state index contributed by atoms with van der Waals surface area (Å²) in [5.74, 6) is 0.849. The Labute approximate surface area is 107 Å². The molecule has 0 amide bonds. The molecule has 4 heteroatoms. The third-order valence-corrected chi connectivity index (χ3v) is 3.53. The van der Waals surface area contributed by atoms with Crippen molar-refractivity contribution >= 4 is 17.4 Å². The molecule has 0 radical (unpaired) electrons. The van der Waals surface area contributed by atoms with E-state index >= 15 is 0 Å². The maximum absolute atomic E-state index is 5.94. The Morgan fingerprint density at radius 2 is 2.24 bits per heavy atom. The molecule has 17 heavy (non-hydrogen) atoms. The van der Waals surface area contributed by atoms with Crippen LogP contribution in [-0.4, -0.2) is 16.5 Å². The summed E-state index contributed by atoms with van der Waals surface area (Å²) in [4.78, 5) is 8.14. The summed E-state index contributed by atoms with van der Waals surface area (Å²) in [5, 5.41) is 3.85. The van der Waals surface area contributed by atoms with Crippen LogP contribution in [0.15, 0.2) is 18.0 Å². The largest absolute Gasteiger partial charge is 0.369 e. The van der Waals surface area contributed by atoms with Gasteiger partial charge in [-0.15, -0.1) is 0 Å². The quantitative estimate of drug-likeness (QED) is 0.654. The molecule has 1 aromatic heterocycles. The van der Waals surface area contributed by atoms with E-state index in [1.165, 1.54) is 32.0 Å². The summed E-state index contributed by atoms with van der Waals surface area (Å²) in [6.07, 6.45) is 10.2. The van der Waals surface area contributed by atoms with Crippen molar-refractivity contribution in [1.29, 1.82) is 0 Å². The van der Waals surface area contributed by atoms with Gasteiger partial charge in [-0.25, -0.2) is 9.97 Å². The molecular weight excluding hydrogens is 234 g/mol. The van der Waals surface area contributed by atoms with Gasteiger partial charge in [0.05, 0.1) is 0 Å². The molecule has 0 saturated carbocycles. The minimum Gasteiger partial charge on any atom is -0.369 e. The molecule has 0 aliphatic heterocycles. The fraction of sp³-hybridized carbons (Fsp3) is 0.538. The van der Waals surface area contributed by atoms with Gasteiger partial charge >= 0.3 is 0 Å². The maximum atomic E-state index is 5.94. The second-order valence-corrected chi connectivity index (χ2v) is 4.78. The summed E-state index contributed by atoms with van der Waals surface area (Å²) in [6, 6.07) is 0. The lowest BCUT2D eigenvalue weighted by Crippen LogP contribution is -2.07. The number of halogens is 1. The summed E-state index contributed by atoms with van der Waals surface area (Å²) in [6.45, 7) is 2.85. The van der Waals surface area contributed by atoms with Crippen molar-refractivity contribution in [3.63, 3.8) is 0 Å². The summed E-state index contributed by atoms with van der Waals surface area (Å²) in [7, 11) is 0. The van der Waals surface area contributed by atoms with E-state index in [1.54, 1.807) is 5.57 Å². The van der Waals surface area contributed by atoms with Gasteiger partial charge in [0.15, 0.2) is 0 Å². The van der Waals surface area contributed by atoms with E-state index in [0.717, 1.165) is 24.3 Å². The van der Waals surface area contributed by atoms with Crippen LogP contribution in [0.4, 0.5) is 5.82 Å². The minimum atomic E-state index is 0.527. The van der Waals surface area contributed by atoms with Crippen molar-refractivity contribution in [2.24, 2.45) is 0 Å². The molecule has 1 heterocycles. The highest BCUT2D eigenvalue weighted by Gasteiger charge is 2.06. The summed E-state index contributed by atoms with van der Waals surface area (Å²) < 4.78 is 0. The molecule has 0 fully saturated rings. The Morgan fingerprint density at radius 3 is 3.00 bits per heavy atom. The van der Waals surface area contributed by atoms with Crippen LogP contribution in [0, 0.1) is 6.92 Å². The number of nitrogens with one attached hydrogen (secondary N) is 1. The van der Waals surface area contributed by atoms with Crippen LogP contribution in [0.25, 0.3) is 0 Å². The second-order valence-electron chi connectivity index (χ2n) is 4.42. The Hall–Kier alpha value is -1.09. The lowest BCUT2D eigenvalue weighted by molar-refractivity contribution is 0.679.